The van der Waals surface area contributed by atoms with Gasteiger partial charge in [0.15, 0.2) is 17.8 Å². The Bertz CT molecular complexity index is 1210. The number of phosphoric acid groups is 1. The summed E-state index contributed by atoms with van der Waals surface area (Å²) in [5, 5.41) is 0. The summed E-state index contributed by atoms with van der Waals surface area (Å²) >= 11 is 6.92. The summed E-state index contributed by atoms with van der Waals surface area (Å²) in [5.74, 6) is -2.80. The molecule has 2 aromatic heterocycles. The van der Waals surface area contributed by atoms with E-state index in [1.54, 1.807) is 51.4 Å². The summed E-state index contributed by atoms with van der Waals surface area (Å²) < 4.78 is 48.0. The van der Waals surface area contributed by atoms with Gasteiger partial charge in [0.1, 0.15) is 22.6 Å². The molecule has 5 atom stereocenters. The highest BCUT2D eigenvalue weighted by molar-refractivity contribution is 7.48. The van der Waals surface area contributed by atoms with E-state index in [2.05, 4.69) is 9.97 Å². The lowest BCUT2D eigenvalue weighted by Crippen LogP contribution is -2.44. The van der Waals surface area contributed by atoms with E-state index < -0.39 is 61.2 Å². The number of anilines is 1. The predicted molar refractivity (Wildman–Crippen MR) is 135 cm³/mol. The zero-order chi connectivity index (χ0) is 27.8. The van der Waals surface area contributed by atoms with Crippen molar-refractivity contribution >= 4 is 48.2 Å². The molecule has 0 bridgehead atoms. The zero-order valence-corrected chi connectivity index (χ0v) is 23.4. The normalized spacial score (nSPS) is 29.2. The summed E-state index contributed by atoms with van der Waals surface area (Å²) in [5.41, 5.74) is 7.40. The number of halogens is 1. The number of carbonyl (C=O) groups excluding carboxylic acids is 2. The summed E-state index contributed by atoms with van der Waals surface area (Å²) in [4.78, 5) is 32.4. The number of hydrogen-bond donors (Lipinski definition) is 1. The maximum absolute atomic E-state index is 13.3. The van der Waals surface area contributed by atoms with Gasteiger partial charge in [-0.25, -0.2) is 14.5 Å². The lowest BCUT2D eigenvalue weighted by molar-refractivity contribution is -0.167. The number of nitrogens with two attached hydrogens (primary N) is 1. The van der Waals surface area contributed by atoms with E-state index in [4.69, 9.17) is 45.1 Å². The molecule has 2 N–H and O–H groups in total. The van der Waals surface area contributed by atoms with Crippen molar-refractivity contribution in [2.75, 3.05) is 18.9 Å². The highest BCUT2D eigenvalue weighted by Gasteiger charge is 2.60. The minimum Gasteiger partial charge on any atom is -0.462 e. The van der Waals surface area contributed by atoms with Gasteiger partial charge >= 0.3 is 19.8 Å². The van der Waals surface area contributed by atoms with Crippen molar-refractivity contribution in [3.05, 3.63) is 18.6 Å². The van der Waals surface area contributed by atoms with Gasteiger partial charge in [-0.3, -0.25) is 27.7 Å². The third kappa shape index (κ3) is 5.83. The summed E-state index contributed by atoms with van der Waals surface area (Å²) in [6, 6.07) is 1.63. The van der Waals surface area contributed by atoms with Gasteiger partial charge in [-0.2, -0.15) is 0 Å². The van der Waals surface area contributed by atoms with E-state index in [1.165, 1.54) is 6.33 Å². The van der Waals surface area contributed by atoms with Gasteiger partial charge in [0, 0.05) is 6.20 Å². The first-order valence-electron chi connectivity index (χ1n) is 12.2. The molecule has 15 heteroatoms. The fraction of sp³-hybridized carbons (Fsp3) is 0.652. The minimum absolute atomic E-state index is 0.128. The van der Waals surface area contributed by atoms with E-state index in [0.29, 0.717) is 16.9 Å². The average Bonchev–Trinajstić information content (AvgIpc) is 3.35. The third-order valence-electron chi connectivity index (χ3n) is 5.99. The summed E-state index contributed by atoms with van der Waals surface area (Å²) in [6.07, 6.45) is -0.321. The predicted octanol–water partition coefficient (Wildman–Crippen LogP) is 3.36. The van der Waals surface area contributed by atoms with Gasteiger partial charge in [-0.15, -0.1) is 11.6 Å². The number of nitrogens with zero attached hydrogens (tertiary/aromatic N) is 3. The number of alkyl halides is 1. The van der Waals surface area contributed by atoms with Crippen molar-refractivity contribution in [2.45, 2.75) is 76.6 Å². The van der Waals surface area contributed by atoms with Crippen molar-refractivity contribution < 1.29 is 41.9 Å². The number of carbonyl (C=O) groups is 2. The topological polar surface area (TPSA) is 163 Å². The number of imidazole rings is 1. The Morgan fingerprint density at radius 1 is 1.24 bits per heavy atom. The van der Waals surface area contributed by atoms with Gasteiger partial charge in [0.05, 0.1) is 37.4 Å². The lowest BCUT2D eigenvalue weighted by Gasteiger charge is -2.34. The number of hydrogen-bond acceptors (Lipinski definition) is 12. The number of phosphoric ester groups is 1. The molecular weight excluding hydrogens is 543 g/mol. The summed E-state index contributed by atoms with van der Waals surface area (Å²) in [7, 11) is -4.12. The lowest BCUT2D eigenvalue weighted by atomic mass is 10.0. The molecule has 13 nitrogen and oxygen atoms in total. The number of pyridine rings is 1. The molecule has 210 valence electrons. The molecule has 2 aliphatic rings. The van der Waals surface area contributed by atoms with Crippen LogP contribution in [0, 0.1) is 5.92 Å². The Balaban J connectivity index is 1.44. The molecular formula is C23H32ClN4O9P. The van der Waals surface area contributed by atoms with Crippen LogP contribution in [0.1, 0.15) is 47.3 Å². The van der Waals surface area contributed by atoms with Crippen molar-refractivity contribution in [2.24, 2.45) is 5.92 Å². The van der Waals surface area contributed by atoms with E-state index in [9.17, 15) is 14.2 Å². The average molecular weight is 575 g/mol. The molecule has 38 heavy (non-hydrogen) atoms. The Labute approximate surface area is 224 Å². The number of aromatic nitrogens is 3. The van der Waals surface area contributed by atoms with E-state index >= 15 is 0 Å². The fourth-order valence-corrected chi connectivity index (χ4v) is 6.17. The second-order valence-corrected chi connectivity index (χ2v) is 12.3. The molecule has 0 saturated carbocycles. The number of fused-ring (bicyclic) bond motifs is 2. The molecule has 0 radical (unpaired) electrons. The van der Waals surface area contributed by atoms with Gasteiger partial charge in [0.25, 0.3) is 0 Å². The Hall–Kier alpha value is -2.28. The van der Waals surface area contributed by atoms with Crippen LogP contribution in [-0.2, 0) is 41.9 Å². The molecule has 2 saturated heterocycles. The van der Waals surface area contributed by atoms with Crippen LogP contribution in [0.5, 0.6) is 0 Å². The van der Waals surface area contributed by atoms with Crippen LogP contribution in [0.25, 0.3) is 11.2 Å². The standard InChI is InChI=1S/C23H32ClN4O9P/c1-12(2)34-20(29)14(21(30)35-13(3)4)7-9-32-38(31)33-10-16-18(37-38)23(5,24)22(36-16)28-11-27-17-15(25)6-8-26-19(17)28/h6,8,11-14,16,18,22H,7,9-10H2,1-5H3,(H2,25,26)/t16-,18-,22-,23-,38+/m1/s1. The maximum Gasteiger partial charge on any atom is 0.475 e. The van der Waals surface area contributed by atoms with Crippen LogP contribution in [-0.4, -0.2) is 69.0 Å². The molecule has 0 unspecified atom stereocenters. The van der Waals surface area contributed by atoms with E-state index in [-0.39, 0.29) is 19.6 Å². The van der Waals surface area contributed by atoms with Gasteiger partial charge in [-0.1, -0.05) is 0 Å². The molecule has 0 aromatic carbocycles. The summed E-state index contributed by atoms with van der Waals surface area (Å²) in [6.45, 7) is 7.89. The van der Waals surface area contributed by atoms with Crippen LogP contribution in [0.4, 0.5) is 5.69 Å². The fourth-order valence-electron chi connectivity index (χ4n) is 4.28. The van der Waals surface area contributed by atoms with Gasteiger partial charge in [0.2, 0.25) is 0 Å². The highest BCUT2D eigenvalue weighted by atomic mass is 35.5. The SMILES string of the molecule is CC(C)OC(=O)C(CCO[P@@]1(=O)OC[C@H]2O[C@@H](n3cnc4c(N)ccnc43)[C@](C)(Cl)[C@@H]2O1)C(=O)OC(C)C. The molecule has 2 aliphatic heterocycles. The quantitative estimate of drug-likeness (QED) is 0.201. The molecule has 2 aromatic rings. The van der Waals surface area contributed by atoms with Crippen LogP contribution in [0.2, 0.25) is 0 Å². The van der Waals surface area contributed by atoms with Crippen molar-refractivity contribution in [1.29, 1.82) is 0 Å². The molecule has 0 amide bonds. The van der Waals surface area contributed by atoms with Crippen LogP contribution >= 0.6 is 19.4 Å². The van der Waals surface area contributed by atoms with Crippen molar-refractivity contribution in [3.8, 4) is 0 Å². The Morgan fingerprint density at radius 2 is 1.89 bits per heavy atom. The van der Waals surface area contributed by atoms with E-state index in [1.807, 2.05) is 0 Å². The monoisotopic (exact) mass is 574 g/mol. The highest BCUT2D eigenvalue weighted by Crippen LogP contribution is 2.60. The van der Waals surface area contributed by atoms with Crippen LogP contribution < -0.4 is 5.73 Å². The van der Waals surface area contributed by atoms with Crippen molar-refractivity contribution in [1.82, 2.24) is 14.5 Å². The van der Waals surface area contributed by atoms with E-state index in [0.717, 1.165) is 0 Å². The third-order valence-corrected chi connectivity index (χ3v) is 7.84. The molecule has 4 rings (SSSR count). The molecule has 4 heterocycles. The second-order valence-electron chi connectivity index (χ2n) is 9.82. The van der Waals surface area contributed by atoms with Crippen LogP contribution in [0.3, 0.4) is 0 Å². The Kier molecular flexibility index (Phi) is 8.37. The smallest absolute Gasteiger partial charge is 0.462 e. The number of ether oxygens (including phenoxy) is 3. The number of rotatable bonds is 9. The molecule has 0 aliphatic carbocycles. The minimum atomic E-state index is -4.12. The largest absolute Gasteiger partial charge is 0.475 e. The number of esters is 2. The van der Waals surface area contributed by atoms with Crippen LogP contribution in [0.15, 0.2) is 18.6 Å². The Morgan fingerprint density at radius 3 is 2.53 bits per heavy atom. The first kappa shape index (κ1) is 28.7. The second kappa shape index (κ2) is 11.1. The molecule has 2 fully saturated rings. The zero-order valence-electron chi connectivity index (χ0n) is 21.7. The van der Waals surface area contributed by atoms with Gasteiger partial charge < -0.3 is 19.9 Å². The van der Waals surface area contributed by atoms with Crippen molar-refractivity contribution in [3.63, 3.8) is 0 Å². The van der Waals surface area contributed by atoms with Gasteiger partial charge in [-0.05, 0) is 47.1 Å². The first-order valence-corrected chi connectivity index (χ1v) is 14.1. The first-order chi connectivity index (χ1) is 17.8. The maximum atomic E-state index is 13.3. The molecule has 0 spiro atoms. The number of nitrogen functional groups attached to an aromatic ring is 1.